The molecule has 1 aromatic heterocycles. The smallest absolute Gasteiger partial charge is 0.408 e. The molecule has 5 aromatic rings. The second-order valence-electron chi connectivity index (χ2n) is 11.8. The molecule has 2 atom stereocenters. The van der Waals surface area contributed by atoms with Gasteiger partial charge in [-0.15, -0.1) is 0 Å². The van der Waals surface area contributed by atoms with Gasteiger partial charge in [-0.1, -0.05) is 91.0 Å². The number of imidazole rings is 1. The topological polar surface area (TPSA) is 126 Å². The van der Waals surface area contributed by atoms with Gasteiger partial charge in [0.05, 0.1) is 6.33 Å². The molecule has 0 fully saturated rings. The van der Waals surface area contributed by atoms with Crippen molar-refractivity contribution in [3.63, 3.8) is 0 Å². The average molecular weight is 678 g/mol. The number of H-pyrrole nitrogens is 1. The molecule has 0 aliphatic carbocycles. The largest absolute Gasteiger partial charge is 0.489 e. The van der Waals surface area contributed by atoms with E-state index >= 15 is 0 Å². The first-order chi connectivity index (χ1) is 24.4. The lowest BCUT2D eigenvalue weighted by molar-refractivity contribution is -0.140. The molecule has 1 heterocycles. The molecular weight excluding hydrogens is 637 g/mol. The predicted molar refractivity (Wildman–Crippen MR) is 186 cm³/mol. The number of hydrogen-bond donors (Lipinski definition) is 3. The van der Waals surface area contributed by atoms with E-state index in [9.17, 15) is 18.8 Å². The molecule has 10 nitrogen and oxygen atoms in total. The second-order valence-corrected chi connectivity index (χ2v) is 11.8. The highest BCUT2D eigenvalue weighted by Crippen LogP contribution is 2.18. The van der Waals surface area contributed by atoms with Crippen LogP contribution in [0.15, 0.2) is 122 Å². The Bertz CT molecular complexity index is 1800. The van der Waals surface area contributed by atoms with Gasteiger partial charge in [0.2, 0.25) is 11.8 Å². The van der Waals surface area contributed by atoms with Gasteiger partial charge >= 0.3 is 6.09 Å². The number of nitrogens with zero attached hydrogens (tertiary/aromatic N) is 2. The summed E-state index contributed by atoms with van der Waals surface area (Å²) in [7, 11) is 1.53. The number of carbonyl (C=O) groups excluding carboxylic acids is 3. The predicted octanol–water partition coefficient (Wildman–Crippen LogP) is 5.39. The van der Waals surface area contributed by atoms with E-state index < -0.39 is 30.0 Å². The van der Waals surface area contributed by atoms with Gasteiger partial charge in [0.25, 0.3) is 0 Å². The maximum Gasteiger partial charge on any atom is 0.408 e. The van der Waals surface area contributed by atoms with Crippen LogP contribution in [0.4, 0.5) is 9.18 Å². The number of likely N-dealkylation sites (N-methyl/N-ethyl adjacent to an activating group) is 1. The number of halogens is 1. The van der Waals surface area contributed by atoms with Crippen molar-refractivity contribution in [2.75, 3.05) is 13.6 Å². The molecule has 50 heavy (non-hydrogen) atoms. The van der Waals surface area contributed by atoms with Crippen molar-refractivity contribution in [3.8, 4) is 5.75 Å². The molecule has 3 N–H and O–H groups in total. The SMILES string of the molecule is CN(C(=O)[C@H](Cc1cnc[nH]1)NC(=O)OCc1ccccc1)[C@H](Cc1ccc(OCc2ccccc2)cc1)C(=O)NCCc1ccccc1F. The maximum absolute atomic E-state index is 14.3. The standard InChI is InChI=1S/C39H40FN5O5/c1-45(38(47)35(23-32-24-41-27-43-32)44-39(48)50-26-30-12-6-3-7-13-30)36(37(46)42-21-20-31-14-8-9-15-34(31)40)22-28-16-18-33(19-17-28)49-25-29-10-4-2-5-11-29/h2-19,24,27,35-36H,20-23,25-26H2,1H3,(H,41,43)(H,42,46)(H,44,48)/t35-,36+/m0/s1. The van der Waals surface area contributed by atoms with Crippen LogP contribution in [0, 0.1) is 5.82 Å². The van der Waals surface area contributed by atoms with E-state index in [1.165, 1.54) is 24.3 Å². The lowest BCUT2D eigenvalue weighted by Crippen LogP contribution is -2.56. The zero-order valence-electron chi connectivity index (χ0n) is 27.8. The van der Waals surface area contributed by atoms with Crippen molar-refractivity contribution in [2.24, 2.45) is 0 Å². The third-order valence-corrected chi connectivity index (χ3v) is 8.15. The Hall–Kier alpha value is -5.97. The first-order valence-corrected chi connectivity index (χ1v) is 16.3. The Labute approximate surface area is 290 Å². The van der Waals surface area contributed by atoms with Gasteiger partial charge in [0.15, 0.2) is 0 Å². The second kappa shape index (κ2) is 18.0. The number of aromatic nitrogens is 2. The van der Waals surface area contributed by atoms with E-state index in [1.54, 1.807) is 24.4 Å². The maximum atomic E-state index is 14.3. The summed E-state index contributed by atoms with van der Waals surface area (Å²) in [5.74, 6) is -0.625. The molecule has 0 aliphatic heterocycles. The quantitative estimate of drug-likeness (QED) is 0.129. The molecule has 5 rings (SSSR count). The first kappa shape index (κ1) is 35.3. The van der Waals surface area contributed by atoms with E-state index in [2.05, 4.69) is 20.6 Å². The summed E-state index contributed by atoms with van der Waals surface area (Å²) in [5.41, 5.74) is 3.69. The van der Waals surface area contributed by atoms with Crippen LogP contribution in [-0.4, -0.2) is 58.5 Å². The summed E-state index contributed by atoms with van der Waals surface area (Å²) in [6.07, 6.45) is 2.78. The third-order valence-electron chi connectivity index (χ3n) is 8.15. The summed E-state index contributed by atoms with van der Waals surface area (Å²) in [4.78, 5) is 49.1. The van der Waals surface area contributed by atoms with Crippen LogP contribution in [0.5, 0.6) is 5.75 Å². The normalized spacial score (nSPS) is 12.0. The Morgan fingerprint density at radius 2 is 1.48 bits per heavy atom. The van der Waals surface area contributed by atoms with E-state index in [4.69, 9.17) is 9.47 Å². The molecule has 0 spiro atoms. The lowest BCUT2D eigenvalue weighted by atomic mass is 10.0. The van der Waals surface area contributed by atoms with Crippen molar-refractivity contribution in [1.29, 1.82) is 0 Å². The highest BCUT2D eigenvalue weighted by Gasteiger charge is 2.33. The van der Waals surface area contributed by atoms with Crippen LogP contribution in [0.25, 0.3) is 0 Å². The van der Waals surface area contributed by atoms with Crippen LogP contribution >= 0.6 is 0 Å². The molecule has 0 aliphatic rings. The highest BCUT2D eigenvalue weighted by atomic mass is 19.1. The summed E-state index contributed by atoms with van der Waals surface area (Å²) in [6.45, 7) is 0.584. The van der Waals surface area contributed by atoms with Crippen LogP contribution in [-0.2, 0) is 46.8 Å². The minimum absolute atomic E-state index is 0.0194. The number of nitrogens with one attached hydrogen (secondary N) is 3. The van der Waals surface area contributed by atoms with E-state index in [-0.39, 0.29) is 38.2 Å². The van der Waals surface area contributed by atoms with Crippen molar-refractivity contribution in [1.82, 2.24) is 25.5 Å². The Morgan fingerprint density at radius 1 is 0.820 bits per heavy atom. The molecule has 11 heteroatoms. The van der Waals surface area contributed by atoms with Gasteiger partial charge in [-0.2, -0.15) is 0 Å². The summed E-state index contributed by atoms with van der Waals surface area (Å²) < 4.78 is 25.6. The number of hydrogen-bond acceptors (Lipinski definition) is 6. The molecule has 0 unspecified atom stereocenters. The van der Waals surface area contributed by atoms with Gasteiger partial charge in [-0.25, -0.2) is 14.2 Å². The average Bonchev–Trinajstić information content (AvgIpc) is 3.66. The molecule has 0 saturated carbocycles. The number of alkyl carbamates (subject to hydrolysis) is 1. The molecule has 3 amide bonds. The Kier molecular flexibility index (Phi) is 12.7. The number of ether oxygens (including phenoxy) is 2. The van der Waals surface area contributed by atoms with E-state index in [0.29, 0.717) is 23.6 Å². The molecule has 0 saturated heterocycles. The minimum atomic E-state index is -1.08. The van der Waals surface area contributed by atoms with E-state index in [1.807, 2.05) is 84.9 Å². The van der Waals surface area contributed by atoms with Gasteiger partial charge < -0.3 is 30.0 Å². The monoisotopic (exact) mass is 677 g/mol. The van der Waals surface area contributed by atoms with Crippen LogP contribution in [0.2, 0.25) is 0 Å². The number of benzene rings is 4. The molecule has 4 aromatic carbocycles. The zero-order valence-corrected chi connectivity index (χ0v) is 27.8. The Balaban J connectivity index is 1.30. The molecular formula is C39H40FN5O5. The zero-order chi connectivity index (χ0) is 35.1. The van der Waals surface area contributed by atoms with Crippen LogP contribution in [0.3, 0.4) is 0 Å². The number of carbonyl (C=O) groups is 3. The number of amides is 3. The van der Waals surface area contributed by atoms with Gasteiger partial charge in [0.1, 0.15) is 36.9 Å². The first-order valence-electron chi connectivity index (χ1n) is 16.3. The van der Waals surface area contributed by atoms with Crippen LogP contribution in [0.1, 0.15) is 27.9 Å². The van der Waals surface area contributed by atoms with Gasteiger partial charge in [-0.3, -0.25) is 9.59 Å². The molecule has 0 bridgehead atoms. The molecule has 258 valence electrons. The van der Waals surface area contributed by atoms with Crippen molar-refractivity contribution in [2.45, 2.75) is 44.6 Å². The van der Waals surface area contributed by atoms with Crippen molar-refractivity contribution >= 4 is 17.9 Å². The fourth-order valence-electron chi connectivity index (χ4n) is 5.35. The van der Waals surface area contributed by atoms with Gasteiger partial charge in [0, 0.05) is 38.3 Å². The third kappa shape index (κ3) is 10.5. The summed E-state index contributed by atoms with van der Waals surface area (Å²) in [5, 5.41) is 5.56. The molecule has 0 radical (unpaired) electrons. The fraction of sp³-hybridized carbons (Fsp3) is 0.231. The van der Waals surface area contributed by atoms with Gasteiger partial charge in [-0.05, 0) is 46.9 Å². The minimum Gasteiger partial charge on any atom is -0.489 e. The van der Waals surface area contributed by atoms with Crippen LogP contribution < -0.4 is 15.4 Å². The number of aromatic amines is 1. The fourth-order valence-corrected chi connectivity index (χ4v) is 5.35. The summed E-state index contributed by atoms with van der Waals surface area (Å²) >= 11 is 0. The number of rotatable bonds is 16. The van der Waals surface area contributed by atoms with Crippen molar-refractivity contribution in [3.05, 3.63) is 155 Å². The Morgan fingerprint density at radius 3 is 2.14 bits per heavy atom. The van der Waals surface area contributed by atoms with Crippen molar-refractivity contribution < 1.29 is 28.2 Å². The van der Waals surface area contributed by atoms with E-state index in [0.717, 1.165) is 16.7 Å². The highest BCUT2D eigenvalue weighted by molar-refractivity contribution is 5.91. The summed E-state index contributed by atoms with van der Waals surface area (Å²) in [6, 6.07) is 30.7. The lowest BCUT2D eigenvalue weighted by Gasteiger charge is -2.31.